The van der Waals surface area contributed by atoms with Crippen LogP contribution in [0.4, 0.5) is 0 Å². The first-order valence-electron chi connectivity index (χ1n) is 8.13. The van der Waals surface area contributed by atoms with Crippen molar-refractivity contribution in [3.8, 4) is 22.6 Å². The molecule has 0 saturated heterocycles. The maximum Gasteiger partial charge on any atom is 0.173 e. The molecule has 0 fully saturated rings. The van der Waals surface area contributed by atoms with Crippen LogP contribution in [-0.4, -0.2) is 15.2 Å². The van der Waals surface area contributed by atoms with E-state index in [0.29, 0.717) is 27.6 Å². The lowest BCUT2D eigenvalue weighted by Gasteiger charge is -2.12. The molecule has 4 rings (SSSR count). The lowest BCUT2D eigenvalue weighted by molar-refractivity contribution is 0.220. The zero-order chi connectivity index (χ0) is 17.9. The van der Waals surface area contributed by atoms with Crippen LogP contribution in [0.15, 0.2) is 83.6 Å². The SMILES string of the molecule is OC(c1cccnc1)c1c(-c2ccc(Cl)cc2)noc1-c1ccccc1. The van der Waals surface area contributed by atoms with Crippen molar-refractivity contribution in [2.45, 2.75) is 6.10 Å². The number of pyridine rings is 1. The molecule has 1 atom stereocenters. The number of nitrogens with zero attached hydrogens (tertiary/aromatic N) is 2. The maximum absolute atomic E-state index is 11.1. The summed E-state index contributed by atoms with van der Waals surface area (Å²) in [6.45, 7) is 0. The molecule has 128 valence electrons. The summed E-state index contributed by atoms with van der Waals surface area (Å²) in [6.07, 6.45) is 2.39. The van der Waals surface area contributed by atoms with Gasteiger partial charge in [0.05, 0.1) is 5.56 Å². The van der Waals surface area contributed by atoms with Crippen LogP contribution in [0.25, 0.3) is 22.6 Å². The number of rotatable bonds is 4. The van der Waals surface area contributed by atoms with Crippen molar-refractivity contribution in [1.29, 1.82) is 0 Å². The second kappa shape index (κ2) is 7.12. The Labute approximate surface area is 155 Å². The summed E-state index contributed by atoms with van der Waals surface area (Å²) in [5, 5.41) is 15.9. The third-order valence-electron chi connectivity index (χ3n) is 4.16. The van der Waals surface area contributed by atoms with Crippen molar-refractivity contribution in [3.05, 3.63) is 95.3 Å². The maximum atomic E-state index is 11.1. The largest absolute Gasteiger partial charge is 0.383 e. The summed E-state index contributed by atoms with van der Waals surface area (Å²) < 4.78 is 5.65. The first-order chi connectivity index (χ1) is 12.7. The summed E-state index contributed by atoms with van der Waals surface area (Å²) in [5.41, 5.74) is 3.52. The van der Waals surface area contributed by atoms with Crippen LogP contribution in [0.2, 0.25) is 5.02 Å². The van der Waals surface area contributed by atoms with Crippen LogP contribution in [0.5, 0.6) is 0 Å². The number of benzene rings is 2. The Balaban J connectivity index is 1.90. The molecule has 4 aromatic rings. The van der Waals surface area contributed by atoms with Crippen LogP contribution < -0.4 is 0 Å². The van der Waals surface area contributed by atoms with Crippen molar-refractivity contribution >= 4 is 11.6 Å². The van der Waals surface area contributed by atoms with Crippen LogP contribution >= 0.6 is 11.6 Å². The highest BCUT2D eigenvalue weighted by Crippen LogP contribution is 2.39. The van der Waals surface area contributed by atoms with Crippen molar-refractivity contribution in [1.82, 2.24) is 10.1 Å². The Morgan fingerprint density at radius 1 is 0.885 bits per heavy atom. The van der Waals surface area contributed by atoms with Crippen LogP contribution in [-0.2, 0) is 0 Å². The molecule has 0 amide bonds. The van der Waals surface area contributed by atoms with Crippen LogP contribution in [0.1, 0.15) is 17.2 Å². The fourth-order valence-electron chi connectivity index (χ4n) is 2.87. The zero-order valence-electron chi connectivity index (χ0n) is 13.7. The van der Waals surface area contributed by atoms with Gasteiger partial charge in [-0.15, -0.1) is 0 Å². The molecule has 0 radical (unpaired) electrons. The first-order valence-corrected chi connectivity index (χ1v) is 8.51. The summed E-state index contributed by atoms with van der Waals surface area (Å²) in [6, 6.07) is 20.5. The first kappa shape index (κ1) is 16.5. The quantitative estimate of drug-likeness (QED) is 0.546. The van der Waals surface area contributed by atoms with E-state index in [4.69, 9.17) is 16.1 Å². The molecule has 1 N–H and O–H groups in total. The molecule has 0 aliphatic heterocycles. The van der Waals surface area contributed by atoms with E-state index in [9.17, 15) is 5.11 Å². The minimum atomic E-state index is -0.921. The van der Waals surface area contributed by atoms with Crippen molar-refractivity contribution < 1.29 is 9.63 Å². The Morgan fingerprint density at radius 2 is 1.65 bits per heavy atom. The number of halogens is 1. The van der Waals surface area contributed by atoms with Gasteiger partial charge in [-0.1, -0.05) is 65.3 Å². The van der Waals surface area contributed by atoms with Crippen molar-refractivity contribution in [2.24, 2.45) is 0 Å². The molecule has 0 saturated carbocycles. The van der Waals surface area contributed by atoms with Gasteiger partial charge < -0.3 is 9.63 Å². The Hall–Kier alpha value is -2.95. The van der Waals surface area contributed by atoms with Gasteiger partial charge in [0, 0.05) is 34.1 Å². The lowest BCUT2D eigenvalue weighted by atomic mass is 9.95. The van der Waals surface area contributed by atoms with Crippen molar-refractivity contribution in [3.63, 3.8) is 0 Å². The molecular formula is C21H15ClN2O2. The highest BCUT2D eigenvalue weighted by atomic mass is 35.5. The zero-order valence-corrected chi connectivity index (χ0v) is 14.5. The summed E-state index contributed by atoms with van der Waals surface area (Å²) in [4.78, 5) is 4.10. The topological polar surface area (TPSA) is 59.2 Å². The molecular weight excluding hydrogens is 348 g/mol. The normalized spacial score (nSPS) is 12.1. The fourth-order valence-corrected chi connectivity index (χ4v) is 2.99. The van der Waals surface area contributed by atoms with Crippen LogP contribution in [0, 0.1) is 0 Å². The van der Waals surface area contributed by atoms with E-state index < -0.39 is 6.10 Å². The van der Waals surface area contributed by atoms with Crippen molar-refractivity contribution in [2.75, 3.05) is 0 Å². The van der Waals surface area contributed by atoms with E-state index in [0.717, 1.165) is 11.1 Å². The average molecular weight is 363 g/mol. The van der Waals surface area contributed by atoms with Gasteiger partial charge in [-0.3, -0.25) is 4.98 Å². The number of aromatic nitrogens is 2. The predicted molar refractivity (Wildman–Crippen MR) is 101 cm³/mol. The van der Waals surface area contributed by atoms with E-state index >= 15 is 0 Å². The molecule has 4 nitrogen and oxygen atoms in total. The van der Waals surface area contributed by atoms with Gasteiger partial charge in [-0.05, 0) is 18.2 Å². The lowest BCUT2D eigenvalue weighted by Crippen LogP contribution is -2.02. The minimum Gasteiger partial charge on any atom is -0.383 e. The average Bonchev–Trinajstić information content (AvgIpc) is 3.14. The van der Waals surface area contributed by atoms with E-state index in [-0.39, 0.29) is 0 Å². The predicted octanol–water partition coefficient (Wildman–Crippen LogP) is 5.14. The van der Waals surface area contributed by atoms with Crippen LogP contribution in [0.3, 0.4) is 0 Å². The monoisotopic (exact) mass is 362 g/mol. The minimum absolute atomic E-state index is 0.534. The Kier molecular flexibility index (Phi) is 4.52. The van der Waals surface area contributed by atoms with Gasteiger partial charge in [-0.2, -0.15) is 0 Å². The molecule has 5 heteroatoms. The molecule has 0 spiro atoms. The van der Waals surface area contributed by atoms with E-state index in [1.807, 2.05) is 48.5 Å². The molecule has 2 aromatic heterocycles. The standard InChI is InChI=1S/C21H15ClN2O2/c22-17-10-8-14(9-11-17)19-18(20(25)16-7-4-12-23-13-16)21(26-24-19)15-5-2-1-3-6-15/h1-13,20,25H. The van der Waals surface area contributed by atoms with Gasteiger partial charge in [0.25, 0.3) is 0 Å². The molecule has 0 aliphatic carbocycles. The highest BCUT2D eigenvalue weighted by molar-refractivity contribution is 6.30. The molecule has 2 heterocycles. The highest BCUT2D eigenvalue weighted by Gasteiger charge is 2.26. The van der Waals surface area contributed by atoms with Gasteiger partial charge in [0.1, 0.15) is 11.8 Å². The summed E-state index contributed by atoms with van der Waals surface area (Å²) in [7, 11) is 0. The molecule has 0 bridgehead atoms. The van der Waals surface area contributed by atoms with E-state index in [2.05, 4.69) is 10.1 Å². The summed E-state index contributed by atoms with van der Waals surface area (Å²) >= 11 is 6.00. The third-order valence-corrected chi connectivity index (χ3v) is 4.41. The van der Waals surface area contributed by atoms with Gasteiger partial charge in [-0.25, -0.2) is 0 Å². The molecule has 26 heavy (non-hydrogen) atoms. The fraction of sp³-hybridized carbons (Fsp3) is 0.0476. The Morgan fingerprint density at radius 3 is 2.35 bits per heavy atom. The number of hydrogen-bond acceptors (Lipinski definition) is 4. The van der Waals surface area contributed by atoms with Gasteiger partial charge in [0.2, 0.25) is 0 Å². The van der Waals surface area contributed by atoms with E-state index in [1.165, 1.54) is 0 Å². The Bertz CT molecular complexity index is 999. The van der Waals surface area contributed by atoms with Gasteiger partial charge >= 0.3 is 0 Å². The van der Waals surface area contributed by atoms with E-state index in [1.54, 1.807) is 30.6 Å². The molecule has 1 unspecified atom stereocenters. The third kappa shape index (κ3) is 3.12. The second-order valence-electron chi connectivity index (χ2n) is 5.84. The molecule has 2 aromatic carbocycles. The second-order valence-corrected chi connectivity index (χ2v) is 6.27. The number of aliphatic hydroxyl groups is 1. The number of aliphatic hydroxyl groups excluding tert-OH is 1. The molecule has 0 aliphatic rings. The smallest absolute Gasteiger partial charge is 0.173 e. The van der Waals surface area contributed by atoms with Gasteiger partial charge in [0.15, 0.2) is 5.76 Å². The number of hydrogen-bond donors (Lipinski definition) is 1. The summed E-state index contributed by atoms with van der Waals surface area (Å²) in [5.74, 6) is 0.534.